The molecule has 0 saturated heterocycles. The van der Waals surface area contributed by atoms with Crippen LogP contribution in [0.15, 0.2) is 12.1 Å². The molecule has 0 atom stereocenters. The van der Waals surface area contributed by atoms with Crippen molar-refractivity contribution in [2.45, 2.75) is 38.2 Å². The maximum atomic E-state index is 13.0. The van der Waals surface area contributed by atoms with E-state index in [0.29, 0.717) is 11.3 Å². The van der Waals surface area contributed by atoms with E-state index in [4.69, 9.17) is 0 Å². The van der Waals surface area contributed by atoms with E-state index in [1.807, 2.05) is 0 Å². The van der Waals surface area contributed by atoms with Crippen LogP contribution in [0.25, 0.3) is 0 Å². The van der Waals surface area contributed by atoms with Crippen molar-refractivity contribution in [3.05, 3.63) is 28.8 Å². The van der Waals surface area contributed by atoms with Crippen LogP contribution < -0.4 is 5.32 Å². The summed E-state index contributed by atoms with van der Waals surface area (Å²) >= 11 is 3.11. The lowest BCUT2D eigenvalue weighted by Crippen LogP contribution is -2.15. The van der Waals surface area contributed by atoms with E-state index in [0.717, 1.165) is 6.07 Å². The molecule has 0 aliphatic heterocycles. The van der Waals surface area contributed by atoms with Crippen molar-refractivity contribution in [3.8, 4) is 0 Å². The predicted molar refractivity (Wildman–Crippen MR) is 72.5 cm³/mol. The van der Waals surface area contributed by atoms with Gasteiger partial charge in [0.05, 0.1) is 5.56 Å². The minimum Gasteiger partial charge on any atom is -0.326 e. The summed E-state index contributed by atoms with van der Waals surface area (Å²) in [5, 5.41) is 2.67. The summed E-state index contributed by atoms with van der Waals surface area (Å²) in [7, 11) is 0. The number of nitrogens with one attached hydrogen (secondary N) is 1. The first-order valence-corrected chi connectivity index (χ1v) is 6.87. The first-order chi connectivity index (χ1) is 8.68. The van der Waals surface area contributed by atoms with Gasteiger partial charge in [-0.25, -0.2) is 0 Å². The van der Waals surface area contributed by atoms with Gasteiger partial charge in [0.1, 0.15) is 0 Å². The van der Waals surface area contributed by atoms with Gasteiger partial charge in [-0.1, -0.05) is 29.8 Å². The fourth-order valence-corrected chi connectivity index (χ4v) is 2.64. The summed E-state index contributed by atoms with van der Waals surface area (Å²) < 4.78 is 38.9. The molecule has 6 heteroatoms. The van der Waals surface area contributed by atoms with Crippen LogP contribution in [0.2, 0.25) is 0 Å². The number of halogens is 4. The lowest BCUT2D eigenvalue weighted by molar-refractivity contribution is -0.138. The van der Waals surface area contributed by atoms with Crippen LogP contribution in [0.5, 0.6) is 0 Å². The predicted octanol–water partition coefficient (Wildman–Crippen LogP) is 4.68. The molecular weight excluding hydrogens is 323 g/mol. The highest BCUT2D eigenvalue weighted by Crippen LogP contribution is 2.39. The highest BCUT2D eigenvalue weighted by Gasteiger charge is 2.35. The first-order valence-electron chi connectivity index (χ1n) is 5.75. The second kappa shape index (κ2) is 5.94. The Morgan fingerprint density at radius 2 is 1.95 bits per heavy atom. The van der Waals surface area contributed by atoms with Crippen molar-refractivity contribution in [2.24, 2.45) is 0 Å². The Bertz CT molecular complexity index is 484. The Balaban J connectivity index is 3.52. The van der Waals surface area contributed by atoms with Gasteiger partial charge < -0.3 is 5.32 Å². The number of alkyl halides is 4. The fraction of sp³-hybridized carbons (Fsp3) is 0.462. The molecule has 106 valence electrons. The monoisotopic (exact) mass is 337 g/mol. The second-order valence-electron chi connectivity index (χ2n) is 4.52. The van der Waals surface area contributed by atoms with Crippen LogP contribution in [0, 0.1) is 0 Å². The maximum Gasteiger partial charge on any atom is 0.416 e. The Morgan fingerprint density at radius 1 is 1.37 bits per heavy atom. The second-order valence-corrected chi connectivity index (χ2v) is 5.08. The normalized spacial score (nSPS) is 11.8. The van der Waals surface area contributed by atoms with E-state index in [1.54, 1.807) is 13.8 Å². The molecule has 1 N–H and O–H groups in total. The third-order valence-electron chi connectivity index (χ3n) is 2.68. The molecule has 0 saturated carbocycles. The number of hydrogen-bond donors (Lipinski definition) is 1. The lowest BCUT2D eigenvalue weighted by Gasteiger charge is -2.21. The molecule has 1 amide bonds. The third kappa shape index (κ3) is 3.72. The van der Waals surface area contributed by atoms with Gasteiger partial charge in [-0.15, -0.1) is 0 Å². The van der Waals surface area contributed by atoms with E-state index >= 15 is 0 Å². The number of anilines is 1. The van der Waals surface area contributed by atoms with E-state index < -0.39 is 11.7 Å². The SMILES string of the molecule is CC(=O)Nc1ccc(C(F)(F)F)c(CBr)c1C(C)C. The van der Waals surface area contributed by atoms with Gasteiger partial charge in [0.2, 0.25) is 5.91 Å². The van der Waals surface area contributed by atoms with Gasteiger partial charge >= 0.3 is 6.18 Å². The Kier molecular flexibility index (Phi) is 5.01. The molecule has 1 aromatic carbocycles. The van der Waals surface area contributed by atoms with Gasteiger partial charge in [-0.05, 0) is 29.2 Å². The molecule has 0 spiro atoms. The number of carbonyl (C=O) groups is 1. The molecular formula is C13H15BrF3NO. The molecule has 0 unspecified atom stereocenters. The number of carbonyl (C=O) groups excluding carboxylic acids is 1. The molecule has 19 heavy (non-hydrogen) atoms. The van der Waals surface area contributed by atoms with Gasteiger partial charge in [0, 0.05) is 17.9 Å². The first kappa shape index (κ1) is 16.0. The van der Waals surface area contributed by atoms with Gasteiger partial charge in [-0.3, -0.25) is 4.79 Å². The standard InChI is InChI=1S/C13H15BrF3NO/c1-7(2)12-9(6-14)10(13(15,16)17)4-5-11(12)18-8(3)19/h4-5,7H,6H2,1-3H3,(H,18,19). The van der Waals surface area contributed by atoms with Gasteiger partial charge in [-0.2, -0.15) is 13.2 Å². The summed E-state index contributed by atoms with van der Waals surface area (Å²) in [6, 6.07) is 2.32. The van der Waals surface area contributed by atoms with Crippen molar-refractivity contribution in [1.82, 2.24) is 0 Å². The van der Waals surface area contributed by atoms with Crippen LogP contribution in [-0.2, 0) is 16.3 Å². The molecule has 1 rings (SSSR count). The maximum absolute atomic E-state index is 13.0. The molecule has 0 aliphatic rings. The molecule has 0 radical (unpaired) electrons. The summed E-state index contributed by atoms with van der Waals surface area (Å²) in [6.45, 7) is 4.93. The minimum atomic E-state index is -4.40. The lowest BCUT2D eigenvalue weighted by atomic mass is 9.92. The van der Waals surface area contributed by atoms with Crippen molar-refractivity contribution < 1.29 is 18.0 Å². The van der Waals surface area contributed by atoms with Crippen molar-refractivity contribution in [1.29, 1.82) is 0 Å². The van der Waals surface area contributed by atoms with E-state index in [9.17, 15) is 18.0 Å². The average molecular weight is 338 g/mol. The Morgan fingerprint density at radius 3 is 2.32 bits per heavy atom. The Hall–Kier alpha value is -1.04. The van der Waals surface area contributed by atoms with Crippen molar-refractivity contribution >= 4 is 27.5 Å². The summed E-state index contributed by atoms with van der Waals surface area (Å²) in [6.07, 6.45) is -4.40. The molecule has 1 aromatic rings. The Labute approximate surface area is 118 Å². The molecule has 2 nitrogen and oxygen atoms in total. The van der Waals surface area contributed by atoms with E-state index in [1.165, 1.54) is 13.0 Å². The fourth-order valence-electron chi connectivity index (χ4n) is 2.03. The largest absolute Gasteiger partial charge is 0.416 e. The molecule has 0 fully saturated rings. The van der Waals surface area contributed by atoms with Crippen molar-refractivity contribution in [3.63, 3.8) is 0 Å². The van der Waals surface area contributed by atoms with Crippen LogP contribution in [0.4, 0.5) is 18.9 Å². The highest BCUT2D eigenvalue weighted by molar-refractivity contribution is 9.08. The van der Waals surface area contributed by atoms with Crippen LogP contribution in [-0.4, -0.2) is 5.91 Å². The summed E-state index contributed by atoms with van der Waals surface area (Å²) in [5.74, 6) is -0.432. The summed E-state index contributed by atoms with van der Waals surface area (Å²) in [5.41, 5.74) is 0.461. The smallest absolute Gasteiger partial charge is 0.326 e. The third-order valence-corrected chi connectivity index (χ3v) is 3.24. The zero-order valence-electron chi connectivity index (χ0n) is 10.9. The van der Waals surface area contributed by atoms with E-state index in [2.05, 4.69) is 21.2 Å². The highest BCUT2D eigenvalue weighted by atomic mass is 79.9. The zero-order valence-corrected chi connectivity index (χ0v) is 12.4. The summed E-state index contributed by atoms with van der Waals surface area (Å²) in [4.78, 5) is 11.1. The zero-order chi connectivity index (χ0) is 14.8. The number of benzene rings is 1. The topological polar surface area (TPSA) is 29.1 Å². The average Bonchev–Trinajstić information content (AvgIpc) is 2.25. The number of rotatable bonds is 3. The molecule has 0 aromatic heterocycles. The molecule has 0 heterocycles. The quantitative estimate of drug-likeness (QED) is 0.797. The van der Waals surface area contributed by atoms with Gasteiger partial charge in [0.15, 0.2) is 0 Å². The van der Waals surface area contributed by atoms with Crippen molar-refractivity contribution in [2.75, 3.05) is 5.32 Å². The number of amides is 1. The van der Waals surface area contributed by atoms with Gasteiger partial charge in [0.25, 0.3) is 0 Å². The molecule has 0 aliphatic carbocycles. The van der Waals surface area contributed by atoms with E-state index in [-0.39, 0.29) is 22.7 Å². The van der Waals surface area contributed by atoms with Crippen LogP contribution >= 0.6 is 15.9 Å². The minimum absolute atomic E-state index is 0.0861. The number of hydrogen-bond acceptors (Lipinski definition) is 1. The molecule has 0 bridgehead atoms. The van der Waals surface area contributed by atoms with Crippen LogP contribution in [0.3, 0.4) is 0 Å². The van der Waals surface area contributed by atoms with Crippen LogP contribution in [0.1, 0.15) is 43.4 Å².